The average molecular weight is 456 g/mol. The molecule has 1 aromatic rings. The summed E-state index contributed by atoms with van der Waals surface area (Å²) in [5.41, 5.74) is 0. The van der Waals surface area contributed by atoms with Crippen molar-refractivity contribution in [3.63, 3.8) is 0 Å². The number of guanidine groups is 1. The molecule has 0 amide bonds. The number of aryl methyl sites for hydroxylation is 1. The fourth-order valence-electron chi connectivity index (χ4n) is 2.49. The third-order valence-corrected chi connectivity index (χ3v) is 6.53. The Hall–Kier alpha value is -0.910. The van der Waals surface area contributed by atoms with E-state index < -0.39 is 14.6 Å². The SMILES string of the molecule is CCn1cnnc1CNC(=NC)N1CCS(=O)(=O)C(C)(C)C1.I. The zero-order valence-corrected chi connectivity index (χ0v) is 17.1. The molecule has 2 rings (SSSR count). The largest absolute Gasteiger partial charge is 0.349 e. The molecule has 10 heteroatoms. The van der Waals surface area contributed by atoms with E-state index in [0.717, 1.165) is 12.4 Å². The van der Waals surface area contributed by atoms with Crippen LogP contribution in [0, 0.1) is 0 Å². The lowest BCUT2D eigenvalue weighted by Crippen LogP contribution is -2.57. The van der Waals surface area contributed by atoms with Crippen molar-refractivity contribution in [2.24, 2.45) is 4.99 Å². The lowest BCUT2D eigenvalue weighted by Gasteiger charge is -2.39. The summed E-state index contributed by atoms with van der Waals surface area (Å²) in [6, 6.07) is 0. The van der Waals surface area contributed by atoms with Crippen molar-refractivity contribution in [1.29, 1.82) is 0 Å². The van der Waals surface area contributed by atoms with E-state index in [1.54, 1.807) is 27.2 Å². The standard InChI is InChI=1S/C13H24N6O2S.HI/c1-5-18-10-16-17-11(18)8-15-12(14-4)19-6-7-22(20,21)13(2,3)9-19;/h10H,5-9H2,1-4H3,(H,14,15);1H. The second-order valence-electron chi connectivity index (χ2n) is 5.93. The van der Waals surface area contributed by atoms with Crippen molar-refractivity contribution >= 4 is 39.8 Å². The highest BCUT2D eigenvalue weighted by Gasteiger charge is 2.40. The van der Waals surface area contributed by atoms with E-state index >= 15 is 0 Å². The van der Waals surface area contributed by atoms with E-state index in [1.165, 1.54) is 0 Å². The molecule has 0 atom stereocenters. The third kappa shape index (κ3) is 4.34. The van der Waals surface area contributed by atoms with E-state index in [-0.39, 0.29) is 29.7 Å². The van der Waals surface area contributed by atoms with Crippen LogP contribution in [-0.4, -0.2) is 64.7 Å². The molecular formula is C13H25IN6O2S. The second-order valence-corrected chi connectivity index (χ2v) is 8.68. The van der Waals surface area contributed by atoms with Crippen LogP contribution >= 0.6 is 24.0 Å². The van der Waals surface area contributed by atoms with Gasteiger partial charge in [-0.1, -0.05) is 0 Å². The predicted octanol–water partition coefficient (Wildman–Crippen LogP) is 0.500. The van der Waals surface area contributed by atoms with Crippen molar-refractivity contribution in [3.8, 4) is 0 Å². The van der Waals surface area contributed by atoms with Gasteiger partial charge in [0, 0.05) is 26.7 Å². The van der Waals surface area contributed by atoms with Gasteiger partial charge in [-0.2, -0.15) is 0 Å². The van der Waals surface area contributed by atoms with Gasteiger partial charge in [0.05, 0.1) is 17.0 Å². The van der Waals surface area contributed by atoms with Crippen molar-refractivity contribution in [2.75, 3.05) is 25.9 Å². The number of halogens is 1. The molecule has 0 saturated carbocycles. The first-order chi connectivity index (χ1) is 10.3. The highest BCUT2D eigenvalue weighted by molar-refractivity contribution is 14.0. The molecule has 0 unspecified atom stereocenters. The quantitative estimate of drug-likeness (QED) is 0.405. The van der Waals surface area contributed by atoms with Crippen LogP contribution in [-0.2, 0) is 22.9 Å². The highest BCUT2D eigenvalue weighted by Crippen LogP contribution is 2.23. The summed E-state index contributed by atoms with van der Waals surface area (Å²) in [5, 5.41) is 11.2. The topological polar surface area (TPSA) is 92.5 Å². The van der Waals surface area contributed by atoms with E-state index in [9.17, 15) is 8.42 Å². The Balaban J connectivity index is 0.00000264. The zero-order chi connectivity index (χ0) is 16.4. The molecule has 1 aromatic heterocycles. The van der Waals surface area contributed by atoms with Gasteiger partial charge in [-0.15, -0.1) is 34.2 Å². The maximum absolute atomic E-state index is 12.1. The molecular weight excluding hydrogens is 431 g/mol. The summed E-state index contributed by atoms with van der Waals surface area (Å²) in [6.45, 7) is 7.73. The number of aromatic nitrogens is 3. The number of nitrogens with one attached hydrogen (secondary N) is 1. The molecule has 0 aromatic carbocycles. The van der Waals surface area contributed by atoms with Crippen molar-refractivity contribution < 1.29 is 8.42 Å². The van der Waals surface area contributed by atoms with Crippen LogP contribution in [0.25, 0.3) is 0 Å². The summed E-state index contributed by atoms with van der Waals surface area (Å²) in [6.07, 6.45) is 1.69. The van der Waals surface area contributed by atoms with Crippen LogP contribution in [0.2, 0.25) is 0 Å². The molecule has 1 fully saturated rings. The van der Waals surface area contributed by atoms with Gasteiger partial charge < -0.3 is 14.8 Å². The Kier molecular flexibility index (Phi) is 6.81. The van der Waals surface area contributed by atoms with Crippen molar-refractivity contribution in [3.05, 3.63) is 12.2 Å². The van der Waals surface area contributed by atoms with Gasteiger partial charge in [0.25, 0.3) is 0 Å². The van der Waals surface area contributed by atoms with E-state index in [1.807, 2.05) is 16.4 Å². The summed E-state index contributed by atoms with van der Waals surface area (Å²) < 4.78 is 25.3. The van der Waals surface area contributed by atoms with Crippen LogP contribution in [0.1, 0.15) is 26.6 Å². The first-order valence-corrected chi connectivity index (χ1v) is 9.00. The maximum Gasteiger partial charge on any atom is 0.194 e. The summed E-state index contributed by atoms with van der Waals surface area (Å²) in [4.78, 5) is 6.24. The molecule has 0 bridgehead atoms. The van der Waals surface area contributed by atoms with E-state index in [4.69, 9.17) is 0 Å². The molecule has 1 aliphatic heterocycles. The molecule has 2 heterocycles. The smallest absolute Gasteiger partial charge is 0.194 e. The van der Waals surface area contributed by atoms with Gasteiger partial charge in [0.15, 0.2) is 21.6 Å². The number of aliphatic imine (C=N–C) groups is 1. The number of rotatable bonds is 3. The van der Waals surface area contributed by atoms with E-state index in [0.29, 0.717) is 25.6 Å². The number of nitrogens with zero attached hydrogens (tertiary/aromatic N) is 5. The minimum absolute atomic E-state index is 0. The highest BCUT2D eigenvalue weighted by atomic mass is 127. The number of hydrogen-bond donors (Lipinski definition) is 1. The monoisotopic (exact) mass is 456 g/mol. The maximum atomic E-state index is 12.1. The van der Waals surface area contributed by atoms with Gasteiger partial charge in [-0.25, -0.2) is 8.42 Å². The minimum Gasteiger partial charge on any atom is -0.349 e. The molecule has 0 aliphatic carbocycles. The summed E-state index contributed by atoms with van der Waals surface area (Å²) in [7, 11) is -1.36. The molecule has 1 N–H and O–H groups in total. The van der Waals surface area contributed by atoms with Gasteiger partial charge >= 0.3 is 0 Å². The lowest BCUT2D eigenvalue weighted by molar-refractivity contribution is 0.352. The molecule has 23 heavy (non-hydrogen) atoms. The second kappa shape index (κ2) is 7.77. The third-order valence-electron chi connectivity index (χ3n) is 4.00. The van der Waals surface area contributed by atoms with Crippen molar-refractivity contribution in [2.45, 2.75) is 38.6 Å². The first-order valence-electron chi connectivity index (χ1n) is 7.35. The minimum atomic E-state index is -3.06. The Morgan fingerprint density at radius 3 is 2.74 bits per heavy atom. The normalized spacial score (nSPS) is 20.0. The summed E-state index contributed by atoms with van der Waals surface area (Å²) >= 11 is 0. The van der Waals surface area contributed by atoms with Gasteiger partial charge in [0.2, 0.25) is 0 Å². The Morgan fingerprint density at radius 1 is 1.48 bits per heavy atom. The van der Waals surface area contributed by atoms with Gasteiger partial charge in [-0.05, 0) is 20.8 Å². The molecule has 1 saturated heterocycles. The van der Waals surface area contributed by atoms with Crippen LogP contribution in [0.4, 0.5) is 0 Å². The Morgan fingerprint density at radius 2 is 2.17 bits per heavy atom. The Bertz CT molecular complexity index is 655. The number of sulfone groups is 1. The Labute approximate surface area is 154 Å². The van der Waals surface area contributed by atoms with Gasteiger partial charge in [0.1, 0.15) is 6.33 Å². The average Bonchev–Trinajstić information content (AvgIpc) is 2.91. The van der Waals surface area contributed by atoms with Crippen LogP contribution < -0.4 is 5.32 Å². The molecule has 132 valence electrons. The van der Waals surface area contributed by atoms with Gasteiger partial charge in [-0.3, -0.25) is 4.99 Å². The predicted molar refractivity (Wildman–Crippen MR) is 101 cm³/mol. The molecule has 0 spiro atoms. The van der Waals surface area contributed by atoms with Crippen LogP contribution in [0.3, 0.4) is 0 Å². The molecule has 8 nitrogen and oxygen atoms in total. The molecule has 0 radical (unpaired) electrons. The lowest BCUT2D eigenvalue weighted by atomic mass is 10.2. The zero-order valence-electron chi connectivity index (χ0n) is 14.0. The van der Waals surface area contributed by atoms with Crippen molar-refractivity contribution in [1.82, 2.24) is 25.0 Å². The fourth-order valence-corrected chi connectivity index (χ4v) is 3.86. The van der Waals surface area contributed by atoms with Crippen LogP contribution in [0.5, 0.6) is 0 Å². The van der Waals surface area contributed by atoms with E-state index in [2.05, 4.69) is 20.5 Å². The van der Waals surface area contributed by atoms with Crippen LogP contribution in [0.15, 0.2) is 11.3 Å². The molecule has 1 aliphatic rings. The fraction of sp³-hybridized carbons (Fsp3) is 0.769. The first kappa shape index (κ1) is 20.1. The number of hydrogen-bond acceptors (Lipinski definition) is 5. The summed E-state index contributed by atoms with van der Waals surface area (Å²) in [5.74, 6) is 1.66.